The maximum atomic E-state index is 12.9. The van der Waals surface area contributed by atoms with Crippen molar-refractivity contribution in [2.24, 2.45) is 0 Å². The van der Waals surface area contributed by atoms with Gasteiger partial charge in [0.2, 0.25) is 0 Å². The minimum atomic E-state index is -3.70. The van der Waals surface area contributed by atoms with Crippen LogP contribution in [0.1, 0.15) is 21.7 Å². The number of hydrogen-bond donors (Lipinski definition) is 0. The van der Waals surface area contributed by atoms with Crippen molar-refractivity contribution < 1.29 is 17.6 Å². The molecule has 2 aromatic carbocycles. The van der Waals surface area contributed by atoms with Gasteiger partial charge in [-0.2, -0.15) is 0 Å². The summed E-state index contributed by atoms with van der Waals surface area (Å²) in [5, 5.41) is 0. The van der Waals surface area contributed by atoms with Crippen LogP contribution in [0.4, 0.5) is 5.69 Å². The SMILES string of the molecule is C#CCN(Cc1ccco1)C(=O)c1ccc(N(C)S(=O)(=O)c2ccc(C)cc2)cc1. The zero-order valence-corrected chi connectivity index (χ0v) is 17.6. The van der Waals surface area contributed by atoms with Crippen LogP contribution >= 0.6 is 0 Å². The number of rotatable bonds is 7. The fraction of sp³-hybridized carbons (Fsp3) is 0.174. The summed E-state index contributed by atoms with van der Waals surface area (Å²) in [6.07, 6.45) is 6.94. The van der Waals surface area contributed by atoms with Crippen molar-refractivity contribution in [3.8, 4) is 12.3 Å². The van der Waals surface area contributed by atoms with Gasteiger partial charge in [0.05, 0.1) is 29.9 Å². The first-order chi connectivity index (χ1) is 14.3. The second kappa shape index (κ2) is 8.89. The maximum absolute atomic E-state index is 12.9. The van der Waals surface area contributed by atoms with E-state index in [4.69, 9.17) is 10.8 Å². The molecule has 0 spiro atoms. The van der Waals surface area contributed by atoms with Crippen molar-refractivity contribution in [2.45, 2.75) is 18.4 Å². The number of hydrogen-bond acceptors (Lipinski definition) is 4. The minimum Gasteiger partial charge on any atom is -0.467 e. The summed E-state index contributed by atoms with van der Waals surface area (Å²) in [5.74, 6) is 2.84. The molecule has 0 bridgehead atoms. The Hall–Kier alpha value is -3.50. The number of carbonyl (C=O) groups is 1. The predicted molar refractivity (Wildman–Crippen MR) is 115 cm³/mol. The Labute approximate surface area is 176 Å². The second-order valence-corrected chi connectivity index (χ2v) is 8.75. The zero-order valence-electron chi connectivity index (χ0n) is 16.8. The number of anilines is 1. The lowest BCUT2D eigenvalue weighted by Gasteiger charge is -2.21. The van der Waals surface area contributed by atoms with Gasteiger partial charge < -0.3 is 9.32 Å². The number of sulfonamides is 1. The molecular weight excluding hydrogens is 400 g/mol. The molecule has 0 aliphatic carbocycles. The van der Waals surface area contributed by atoms with Crippen LogP contribution in [0.2, 0.25) is 0 Å². The molecule has 0 radical (unpaired) electrons. The molecule has 1 aromatic heterocycles. The van der Waals surface area contributed by atoms with E-state index in [-0.39, 0.29) is 23.9 Å². The van der Waals surface area contributed by atoms with Crippen LogP contribution in [0, 0.1) is 19.3 Å². The first-order valence-corrected chi connectivity index (χ1v) is 10.7. The average molecular weight is 423 g/mol. The number of benzene rings is 2. The lowest BCUT2D eigenvalue weighted by molar-refractivity contribution is 0.0755. The van der Waals surface area contributed by atoms with Crippen LogP contribution < -0.4 is 4.31 Å². The monoisotopic (exact) mass is 422 g/mol. The van der Waals surface area contributed by atoms with Crippen molar-refractivity contribution in [3.63, 3.8) is 0 Å². The number of aryl methyl sites for hydroxylation is 1. The molecule has 30 heavy (non-hydrogen) atoms. The van der Waals surface area contributed by atoms with Gasteiger partial charge in [-0.15, -0.1) is 6.42 Å². The summed E-state index contributed by atoms with van der Waals surface area (Å²) >= 11 is 0. The number of nitrogens with zero attached hydrogens (tertiary/aromatic N) is 2. The largest absolute Gasteiger partial charge is 0.467 e. The summed E-state index contributed by atoms with van der Waals surface area (Å²) < 4.78 is 32.2. The maximum Gasteiger partial charge on any atom is 0.264 e. The van der Waals surface area contributed by atoms with Gasteiger partial charge in [0.15, 0.2) is 0 Å². The van der Waals surface area contributed by atoms with Gasteiger partial charge in [-0.25, -0.2) is 8.42 Å². The zero-order chi connectivity index (χ0) is 21.7. The standard InChI is InChI=1S/C23H22N2O4S/c1-4-15-25(17-21-6-5-16-29-21)23(26)19-9-11-20(12-10-19)24(3)30(27,28)22-13-7-18(2)8-14-22/h1,5-14,16H,15,17H2,2-3H3. The molecule has 0 atom stereocenters. The molecule has 0 aliphatic rings. The Kier molecular flexibility index (Phi) is 6.28. The number of carbonyl (C=O) groups excluding carboxylic acids is 1. The third kappa shape index (κ3) is 4.56. The molecule has 3 aromatic rings. The number of amides is 1. The van der Waals surface area contributed by atoms with Gasteiger partial charge in [-0.05, 0) is 55.5 Å². The minimum absolute atomic E-state index is 0.128. The van der Waals surface area contributed by atoms with Crippen LogP contribution in [-0.2, 0) is 16.6 Å². The molecule has 1 amide bonds. The second-order valence-electron chi connectivity index (χ2n) is 6.78. The van der Waals surface area contributed by atoms with Crippen molar-refractivity contribution in [1.29, 1.82) is 0 Å². The summed E-state index contributed by atoms with van der Waals surface area (Å²) in [7, 11) is -2.22. The highest BCUT2D eigenvalue weighted by Crippen LogP contribution is 2.23. The summed E-state index contributed by atoms with van der Waals surface area (Å²) in [5.41, 5.74) is 1.83. The Balaban J connectivity index is 1.80. The van der Waals surface area contributed by atoms with Crippen molar-refractivity contribution >= 4 is 21.6 Å². The Morgan fingerprint density at radius 3 is 2.30 bits per heavy atom. The third-order valence-corrected chi connectivity index (χ3v) is 6.45. The molecule has 0 saturated carbocycles. The Morgan fingerprint density at radius 1 is 1.07 bits per heavy atom. The van der Waals surface area contributed by atoms with E-state index in [2.05, 4.69) is 5.92 Å². The van der Waals surface area contributed by atoms with E-state index in [0.717, 1.165) is 5.56 Å². The highest BCUT2D eigenvalue weighted by atomic mass is 32.2. The van der Waals surface area contributed by atoms with E-state index in [1.165, 1.54) is 22.5 Å². The van der Waals surface area contributed by atoms with Gasteiger partial charge in [0, 0.05) is 12.6 Å². The first kappa shape index (κ1) is 21.2. The summed E-state index contributed by atoms with van der Waals surface area (Å²) in [6, 6.07) is 16.5. The summed E-state index contributed by atoms with van der Waals surface area (Å²) in [6.45, 7) is 2.27. The number of terminal acetylenes is 1. The smallest absolute Gasteiger partial charge is 0.264 e. The Bertz CT molecular complexity index is 1140. The average Bonchev–Trinajstić information content (AvgIpc) is 3.26. The fourth-order valence-corrected chi connectivity index (χ4v) is 4.10. The molecule has 6 nitrogen and oxygen atoms in total. The van der Waals surface area contributed by atoms with E-state index < -0.39 is 10.0 Å². The number of furan rings is 1. The molecule has 7 heteroatoms. The third-order valence-electron chi connectivity index (χ3n) is 4.65. The van der Waals surface area contributed by atoms with E-state index in [0.29, 0.717) is 17.0 Å². The first-order valence-electron chi connectivity index (χ1n) is 9.23. The quantitative estimate of drug-likeness (QED) is 0.545. The molecule has 3 rings (SSSR count). The van der Waals surface area contributed by atoms with E-state index in [1.807, 2.05) is 6.92 Å². The molecule has 0 fully saturated rings. The van der Waals surface area contributed by atoms with E-state index in [9.17, 15) is 13.2 Å². The molecule has 154 valence electrons. The van der Waals surface area contributed by atoms with Gasteiger partial charge in [-0.1, -0.05) is 23.6 Å². The molecular formula is C23H22N2O4S. The van der Waals surface area contributed by atoms with E-state index >= 15 is 0 Å². The fourth-order valence-electron chi connectivity index (χ4n) is 2.90. The highest BCUT2D eigenvalue weighted by Gasteiger charge is 2.22. The topological polar surface area (TPSA) is 70.8 Å². The van der Waals surface area contributed by atoms with Crippen molar-refractivity contribution in [2.75, 3.05) is 17.9 Å². The van der Waals surface area contributed by atoms with Gasteiger partial charge >= 0.3 is 0 Å². The van der Waals surface area contributed by atoms with Crippen LogP contribution in [0.5, 0.6) is 0 Å². The van der Waals surface area contributed by atoms with Gasteiger partial charge in [0.1, 0.15) is 5.76 Å². The van der Waals surface area contributed by atoms with E-state index in [1.54, 1.807) is 60.7 Å². The van der Waals surface area contributed by atoms with Crippen LogP contribution in [-0.4, -0.2) is 32.8 Å². The van der Waals surface area contributed by atoms with Crippen LogP contribution in [0.15, 0.2) is 76.2 Å². The highest BCUT2D eigenvalue weighted by molar-refractivity contribution is 7.92. The van der Waals surface area contributed by atoms with Gasteiger partial charge in [-0.3, -0.25) is 9.10 Å². The molecule has 1 heterocycles. The van der Waals surface area contributed by atoms with Crippen molar-refractivity contribution in [3.05, 3.63) is 83.8 Å². The summed E-state index contributed by atoms with van der Waals surface area (Å²) in [4.78, 5) is 14.5. The molecule has 0 N–H and O–H groups in total. The predicted octanol–water partition coefficient (Wildman–Crippen LogP) is 3.69. The molecule has 0 saturated heterocycles. The molecule has 0 unspecified atom stereocenters. The molecule has 0 aliphatic heterocycles. The lowest BCUT2D eigenvalue weighted by Crippen LogP contribution is -2.31. The van der Waals surface area contributed by atoms with Crippen molar-refractivity contribution in [1.82, 2.24) is 4.90 Å². The van der Waals surface area contributed by atoms with Crippen LogP contribution in [0.25, 0.3) is 0 Å². The van der Waals surface area contributed by atoms with Gasteiger partial charge in [0.25, 0.3) is 15.9 Å². The normalized spacial score (nSPS) is 11.0. The Morgan fingerprint density at radius 2 is 1.73 bits per heavy atom. The van der Waals surface area contributed by atoms with Crippen LogP contribution in [0.3, 0.4) is 0 Å². The lowest BCUT2D eigenvalue weighted by atomic mass is 10.1.